The van der Waals surface area contributed by atoms with Crippen LogP contribution < -0.4 is 0 Å². The van der Waals surface area contributed by atoms with Gasteiger partial charge in [0.1, 0.15) is 5.78 Å². The van der Waals surface area contributed by atoms with Gasteiger partial charge in [-0.25, -0.2) is 0 Å². The van der Waals surface area contributed by atoms with Crippen LogP contribution in [-0.4, -0.2) is 20.7 Å². The minimum Gasteiger partial charge on any atom is -0.417 e. The number of rotatable bonds is 10. The second kappa shape index (κ2) is 11.3. The first-order valence-electron chi connectivity index (χ1n) is 13.5. The van der Waals surface area contributed by atoms with Gasteiger partial charge in [0.2, 0.25) is 0 Å². The van der Waals surface area contributed by atoms with E-state index >= 15 is 0 Å². The third kappa shape index (κ3) is 6.85. The summed E-state index contributed by atoms with van der Waals surface area (Å²) in [5.74, 6) is 5.93. The highest BCUT2D eigenvalue weighted by Gasteiger charge is 2.55. The van der Waals surface area contributed by atoms with Crippen LogP contribution in [0.5, 0.6) is 0 Å². The maximum absolute atomic E-state index is 13.7. The zero-order valence-electron chi connectivity index (χ0n) is 23.2. The van der Waals surface area contributed by atoms with Crippen molar-refractivity contribution in [1.29, 1.82) is 0 Å². The van der Waals surface area contributed by atoms with Crippen LogP contribution in [0.4, 0.5) is 0 Å². The van der Waals surface area contributed by atoms with Crippen LogP contribution in [-0.2, 0) is 9.22 Å². The molecule has 188 valence electrons. The molecule has 0 unspecified atom stereocenters. The number of hydrogen-bond acceptors (Lipinski definition) is 2. The number of Topliss-reactive ketones (excluding diaryl/α,β-unsaturated/α-hetero) is 1. The molecule has 0 aromatic heterocycles. The molecule has 0 aromatic rings. The van der Waals surface area contributed by atoms with Crippen molar-refractivity contribution < 1.29 is 9.22 Å². The van der Waals surface area contributed by atoms with Crippen LogP contribution in [0.1, 0.15) is 93.4 Å². The Bertz CT molecular complexity index is 723. The molecule has 0 saturated heterocycles. The predicted octanol–water partition coefficient (Wildman–Crippen LogP) is 8.29. The van der Waals surface area contributed by atoms with Gasteiger partial charge in [-0.15, -0.1) is 12.3 Å². The van der Waals surface area contributed by atoms with E-state index in [1.165, 1.54) is 12.8 Å². The molecule has 0 heterocycles. The molecule has 0 bridgehead atoms. The molecule has 2 aliphatic rings. The average Bonchev–Trinajstić information content (AvgIpc) is 3.05. The molecule has 2 fully saturated rings. The van der Waals surface area contributed by atoms with E-state index < -0.39 is 8.32 Å². The Morgan fingerprint density at radius 2 is 1.88 bits per heavy atom. The quantitative estimate of drug-likeness (QED) is 0.182. The zero-order valence-corrected chi connectivity index (χ0v) is 24.2. The smallest absolute Gasteiger partial charge is 0.191 e. The number of hydrogen-bond donors (Lipinski definition) is 0. The molecule has 2 nitrogen and oxygen atoms in total. The van der Waals surface area contributed by atoms with E-state index in [0.29, 0.717) is 29.5 Å². The molecular weight excluding hydrogens is 420 g/mol. The summed E-state index contributed by atoms with van der Waals surface area (Å²) in [4.78, 5) is 13.7. The van der Waals surface area contributed by atoms with E-state index in [-0.39, 0.29) is 22.3 Å². The van der Waals surface area contributed by atoms with E-state index in [4.69, 9.17) is 10.8 Å². The lowest BCUT2D eigenvalue weighted by molar-refractivity contribution is -0.136. The Labute approximate surface area is 206 Å². The molecule has 2 saturated carbocycles. The van der Waals surface area contributed by atoms with Gasteiger partial charge in [0.05, 0.1) is 0 Å². The van der Waals surface area contributed by atoms with Crippen LogP contribution >= 0.6 is 0 Å². The minimum atomic E-state index is -1.74. The van der Waals surface area contributed by atoms with Gasteiger partial charge in [0.15, 0.2) is 8.32 Å². The van der Waals surface area contributed by atoms with E-state index in [0.717, 1.165) is 38.7 Å². The van der Waals surface area contributed by atoms with Gasteiger partial charge < -0.3 is 4.43 Å². The summed E-state index contributed by atoms with van der Waals surface area (Å²) in [6.45, 7) is 21.6. The molecule has 0 aromatic carbocycles. The van der Waals surface area contributed by atoms with E-state index in [2.05, 4.69) is 79.6 Å². The molecule has 3 heteroatoms. The molecule has 0 radical (unpaired) electrons. The Balaban J connectivity index is 2.02. The Morgan fingerprint density at radius 3 is 2.45 bits per heavy atom. The topological polar surface area (TPSA) is 26.3 Å². The van der Waals surface area contributed by atoms with Gasteiger partial charge in [-0.2, -0.15) is 0 Å². The first-order valence-corrected chi connectivity index (χ1v) is 16.4. The molecule has 0 amide bonds. The van der Waals surface area contributed by atoms with E-state index in [1.807, 2.05) is 0 Å². The second-order valence-electron chi connectivity index (χ2n) is 13.3. The van der Waals surface area contributed by atoms with Crippen molar-refractivity contribution in [1.82, 2.24) is 0 Å². The van der Waals surface area contributed by atoms with Crippen LogP contribution in [0.3, 0.4) is 0 Å². The van der Waals surface area contributed by atoms with Crippen molar-refractivity contribution in [3.63, 3.8) is 0 Å². The summed E-state index contributed by atoms with van der Waals surface area (Å²) in [5.41, 5.74) is 0.142. The number of ketones is 1. The van der Waals surface area contributed by atoms with Gasteiger partial charge in [0, 0.05) is 24.9 Å². The lowest BCUT2D eigenvalue weighted by Gasteiger charge is -2.45. The summed E-state index contributed by atoms with van der Waals surface area (Å²) < 4.78 is 6.60. The molecule has 2 rings (SSSR count). The number of allylic oxidation sites excluding steroid dienone is 2. The first kappa shape index (κ1) is 28.4. The Morgan fingerprint density at radius 1 is 1.21 bits per heavy atom. The highest BCUT2D eigenvalue weighted by atomic mass is 28.4. The van der Waals surface area contributed by atoms with Crippen LogP contribution in [0.2, 0.25) is 18.1 Å². The number of terminal acetylenes is 1. The third-order valence-corrected chi connectivity index (χ3v) is 13.9. The second-order valence-corrected chi connectivity index (χ2v) is 18.2. The molecule has 33 heavy (non-hydrogen) atoms. The van der Waals surface area contributed by atoms with Gasteiger partial charge in [-0.05, 0) is 85.7 Å². The van der Waals surface area contributed by atoms with Gasteiger partial charge in [-0.1, -0.05) is 60.6 Å². The summed E-state index contributed by atoms with van der Waals surface area (Å²) in [6.07, 6.45) is 17.4. The maximum Gasteiger partial charge on any atom is 0.191 e. The van der Waals surface area contributed by atoms with E-state index in [1.54, 1.807) is 0 Å². The van der Waals surface area contributed by atoms with Crippen molar-refractivity contribution in [3.8, 4) is 12.3 Å². The molecule has 6 atom stereocenters. The van der Waals surface area contributed by atoms with Crippen molar-refractivity contribution in [3.05, 3.63) is 12.2 Å². The molecular formula is C30H52O2Si. The van der Waals surface area contributed by atoms with Crippen LogP contribution in [0.25, 0.3) is 0 Å². The molecule has 0 spiro atoms. The largest absolute Gasteiger partial charge is 0.417 e. The van der Waals surface area contributed by atoms with Gasteiger partial charge in [-0.3, -0.25) is 4.79 Å². The Hall–Kier alpha value is -0.853. The molecule has 2 aliphatic carbocycles. The van der Waals surface area contributed by atoms with Crippen molar-refractivity contribution in [2.24, 2.45) is 40.9 Å². The van der Waals surface area contributed by atoms with Gasteiger partial charge in [0.25, 0.3) is 0 Å². The minimum absolute atomic E-state index is 0.142. The van der Waals surface area contributed by atoms with Crippen LogP contribution in [0, 0.1) is 53.3 Å². The molecule has 0 aliphatic heterocycles. The maximum atomic E-state index is 13.7. The third-order valence-electron chi connectivity index (χ3n) is 9.40. The fourth-order valence-corrected chi connectivity index (χ4v) is 7.33. The predicted molar refractivity (Wildman–Crippen MR) is 145 cm³/mol. The van der Waals surface area contributed by atoms with Crippen molar-refractivity contribution in [2.75, 3.05) is 6.61 Å². The lowest BCUT2D eigenvalue weighted by atomic mass is 9.59. The average molecular weight is 473 g/mol. The fraction of sp³-hybridized carbons (Fsp3) is 0.833. The normalized spacial score (nSPS) is 30.5. The first-order chi connectivity index (χ1) is 15.2. The highest BCUT2D eigenvalue weighted by Crippen LogP contribution is 2.58. The Kier molecular flexibility index (Phi) is 9.68. The lowest BCUT2D eigenvalue weighted by Crippen LogP contribution is -2.46. The zero-order chi connectivity index (χ0) is 25.0. The SMILES string of the molecule is C#CC[C@H](C/C=C/C(C)C)C[C@@H]1CC[C@]2(C)[C@@H]([C@H](C)CO[Si](C)(C)C(C)(C)C)CC[C@H]2C1=O. The standard InChI is InChI=1S/C30H52O2Si/c1-11-13-24(15-12-14-22(2)3)20-25-18-19-30(8)26(16-17-27(30)28(25)31)23(4)21-32-33(9,10)29(5,6)7/h1,12,14,22-27H,13,15-21H2,2-10H3/b14-12+/t23-,24-,25+,26-,27+,30-/m1/s1. The monoisotopic (exact) mass is 472 g/mol. The highest BCUT2D eigenvalue weighted by molar-refractivity contribution is 6.74. The summed E-state index contributed by atoms with van der Waals surface area (Å²) >= 11 is 0. The number of carbonyl (C=O) groups is 1. The summed E-state index contributed by atoms with van der Waals surface area (Å²) in [6, 6.07) is 0. The van der Waals surface area contributed by atoms with E-state index in [9.17, 15) is 4.79 Å². The van der Waals surface area contributed by atoms with Crippen molar-refractivity contribution >= 4 is 14.1 Å². The fourth-order valence-electron chi connectivity index (χ4n) is 6.22. The number of fused-ring (bicyclic) bond motifs is 1. The summed E-state index contributed by atoms with van der Waals surface area (Å²) in [7, 11) is -1.74. The summed E-state index contributed by atoms with van der Waals surface area (Å²) in [5, 5.41) is 0.238. The van der Waals surface area contributed by atoms with Gasteiger partial charge >= 0.3 is 0 Å². The molecule has 0 N–H and O–H groups in total. The van der Waals surface area contributed by atoms with Crippen LogP contribution in [0.15, 0.2) is 12.2 Å². The number of carbonyl (C=O) groups excluding carboxylic acids is 1. The van der Waals surface area contributed by atoms with Crippen molar-refractivity contribution in [2.45, 2.75) is 112 Å².